The Morgan fingerprint density at radius 3 is 2.79 bits per heavy atom. The van der Waals surface area contributed by atoms with Crippen molar-refractivity contribution in [1.82, 2.24) is 10.2 Å². The van der Waals surface area contributed by atoms with Crippen LogP contribution in [0, 0.1) is 11.8 Å². The fourth-order valence-corrected chi connectivity index (χ4v) is 4.42. The fourth-order valence-electron chi connectivity index (χ4n) is 4.22. The van der Waals surface area contributed by atoms with Crippen molar-refractivity contribution in [2.75, 3.05) is 26.2 Å². The first kappa shape index (κ1) is 17.7. The van der Waals surface area contributed by atoms with Gasteiger partial charge in [-0.15, -0.1) is 0 Å². The number of hydrogen-bond donors (Lipinski definition) is 2. The van der Waals surface area contributed by atoms with Crippen LogP contribution in [-0.4, -0.2) is 37.0 Å². The Hall–Kier alpha value is -1.10. The van der Waals surface area contributed by atoms with Gasteiger partial charge in [-0.05, 0) is 68.9 Å². The van der Waals surface area contributed by atoms with Gasteiger partial charge < -0.3 is 11.1 Å². The molecule has 2 fully saturated rings. The average molecular weight is 350 g/mol. The number of likely N-dealkylation sites (tertiary alicyclic amines) is 1. The molecule has 1 saturated heterocycles. The van der Waals surface area contributed by atoms with Crippen LogP contribution in [0.15, 0.2) is 24.3 Å². The lowest BCUT2D eigenvalue weighted by atomic mass is 9.95. The zero-order chi connectivity index (χ0) is 16.9. The summed E-state index contributed by atoms with van der Waals surface area (Å²) in [6.07, 6.45) is 5.62. The summed E-state index contributed by atoms with van der Waals surface area (Å²) in [6.45, 7) is 3.43. The molecule has 1 amide bonds. The highest BCUT2D eigenvalue weighted by Gasteiger charge is 2.32. The lowest BCUT2D eigenvalue weighted by molar-refractivity contribution is -0.126. The first-order valence-corrected chi connectivity index (χ1v) is 9.54. The number of nitrogens with one attached hydrogen (secondary N) is 1. The summed E-state index contributed by atoms with van der Waals surface area (Å²) in [5.74, 6) is 0.615. The van der Waals surface area contributed by atoms with Crippen molar-refractivity contribution in [3.8, 4) is 0 Å². The minimum absolute atomic E-state index is 0.0913. The van der Waals surface area contributed by atoms with Crippen molar-refractivity contribution < 1.29 is 4.79 Å². The molecule has 24 heavy (non-hydrogen) atoms. The summed E-state index contributed by atoms with van der Waals surface area (Å²) in [5.41, 5.74) is 7.01. The summed E-state index contributed by atoms with van der Waals surface area (Å²) in [5, 5.41) is 3.96. The number of carbonyl (C=O) groups excluding carboxylic acids is 1. The van der Waals surface area contributed by atoms with E-state index < -0.39 is 0 Å². The molecule has 3 rings (SSSR count). The molecule has 0 aromatic heterocycles. The maximum Gasteiger partial charge on any atom is 0.223 e. The van der Waals surface area contributed by atoms with Gasteiger partial charge in [-0.25, -0.2) is 0 Å². The number of amides is 1. The van der Waals surface area contributed by atoms with E-state index >= 15 is 0 Å². The Kier molecular flexibility index (Phi) is 6.14. The summed E-state index contributed by atoms with van der Waals surface area (Å²) in [6, 6.07) is 8.22. The molecule has 3 atom stereocenters. The number of nitrogens with zero attached hydrogens (tertiary/aromatic N) is 1. The number of nitrogens with two attached hydrogens (primary N) is 1. The van der Waals surface area contributed by atoms with Crippen LogP contribution in [0.4, 0.5) is 0 Å². The van der Waals surface area contributed by atoms with E-state index in [-0.39, 0.29) is 17.9 Å². The van der Waals surface area contributed by atoms with Crippen molar-refractivity contribution in [3.05, 3.63) is 34.9 Å². The Labute approximate surface area is 149 Å². The average Bonchev–Trinajstić information content (AvgIpc) is 3.26. The predicted octanol–water partition coefficient (Wildman–Crippen LogP) is 2.97. The zero-order valence-corrected chi connectivity index (χ0v) is 15.0. The number of hydrogen-bond acceptors (Lipinski definition) is 3. The van der Waals surface area contributed by atoms with E-state index in [4.69, 9.17) is 17.3 Å². The summed E-state index contributed by atoms with van der Waals surface area (Å²) >= 11 is 6.18. The first-order valence-electron chi connectivity index (χ1n) is 9.16. The van der Waals surface area contributed by atoms with Gasteiger partial charge in [0.1, 0.15) is 0 Å². The molecule has 1 aromatic carbocycles. The third kappa shape index (κ3) is 4.11. The number of benzene rings is 1. The highest BCUT2D eigenvalue weighted by molar-refractivity contribution is 6.30. The second-order valence-electron chi connectivity index (χ2n) is 7.09. The van der Waals surface area contributed by atoms with Crippen LogP contribution < -0.4 is 11.1 Å². The summed E-state index contributed by atoms with van der Waals surface area (Å²) in [7, 11) is 0. The molecule has 1 unspecified atom stereocenters. The molecule has 1 aliphatic carbocycles. The van der Waals surface area contributed by atoms with Crippen LogP contribution >= 0.6 is 11.6 Å². The number of rotatable bonds is 6. The second kappa shape index (κ2) is 8.32. The molecule has 0 bridgehead atoms. The van der Waals surface area contributed by atoms with E-state index in [0.717, 1.165) is 37.4 Å². The van der Waals surface area contributed by atoms with Crippen LogP contribution in [0.3, 0.4) is 0 Å². The molecular formula is C19H28ClN3O. The van der Waals surface area contributed by atoms with Crippen LogP contribution in [0.1, 0.15) is 43.7 Å². The predicted molar refractivity (Wildman–Crippen MR) is 97.9 cm³/mol. The van der Waals surface area contributed by atoms with Crippen LogP contribution in [-0.2, 0) is 4.79 Å². The highest BCUT2D eigenvalue weighted by Crippen LogP contribution is 2.31. The molecule has 5 heteroatoms. The SMILES string of the molecule is NC[C@H]1CCC[C@H]1C(=O)NCC(c1cccc(Cl)c1)N1CCCC1. The summed E-state index contributed by atoms with van der Waals surface area (Å²) < 4.78 is 0. The van der Waals surface area contributed by atoms with Crippen molar-refractivity contribution in [1.29, 1.82) is 0 Å². The van der Waals surface area contributed by atoms with Gasteiger partial charge in [-0.3, -0.25) is 9.69 Å². The van der Waals surface area contributed by atoms with Crippen molar-refractivity contribution in [2.45, 2.75) is 38.1 Å². The van der Waals surface area contributed by atoms with Crippen molar-refractivity contribution in [2.24, 2.45) is 17.6 Å². The van der Waals surface area contributed by atoms with Crippen molar-refractivity contribution in [3.63, 3.8) is 0 Å². The fraction of sp³-hybridized carbons (Fsp3) is 0.632. The first-order chi connectivity index (χ1) is 11.7. The molecule has 1 heterocycles. The molecule has 1 saturated carbocycles. The molecule has 3 N–H and O–H groups in total. The topological polar surface area (TPSA) is 58.4 Å². The lowest BCUT2D eigenvalue weighted by Gasteiger charge is -2.29. The zero-order valence-electron chi connectivity index (χ0n) is 14.2. The normalized spacial score (nSPS) is 25.8. The van der Waals surface area contributed by atoms with Gasteiger partial charge in [0.05, 0.1) is 6.04 Å². The van der Waals surface area contributed by atoms with Gasteiger partial charge in [0.2, 0.25) is 5.91 Å². The molecule has 0 radical (unpaired) electrons. The van der Waals surface area contributed by atoms with Gasteiger partial charge in [0, 0.05) is 17.5 Å². The van der Waals surface area contributed by atoms with Crippen LogP contribution in [0.5, 0.6) is 0 Å². The van der Waals surface area contributed by atoms with Gasteiger partial charge in [0.15, 0.2) is 0 Å². The Morgan fingerprint density at radius 2 is 2.08 bits per heavy atom. The number of carbonyl (C=O) groups is 1. The minimum Gasteiger partial charge on any atom is -0.354 e. The molecular weight excluding hydrogens is 322 g/mol. The van der Waals surface area contributed by atoms with Gasteiger partial charge in [-0.2, -0.15) is 0 Å². The minimum atomic E-state index is 0.0913. The van der Waals surface area contributed by atoms with E-state index in [2.05, 4.69) is 16.3 Å². The standard InChI is InChI=1S/C19H28ClN3O/c20-16-7-3-5-14(11-16)18(23-9-1-2-10-23)13-22-19(24)17-8-4-6-15(17)12-21/h3,5,7,11,15,17-18H,1-2,4,6,8-10,12-13,21H2,(H,22,24)/t15-,17-,18?/m1/s1. The molecule has 1 aromatic rings. The Balaban J connectivity index is 1.67. The largest absolute Gasteiger partial charge is 0.354 e. The van der Waals surface area contributed by atoms with Gasteiger partial charge in [-0.1, -0.05) is 30.2 Å². The third-order valence-electron chi connectivity index (χ3n) is 5.58. The Bertz CT molecular complexity index is 559. The van der Waals surface area contributed by atoms with Crippen molar-refractivity contribution >= 4 is 17.5 Å². The van der Waals surface area contributed by atoms with E-state index in [1.54, 1.807) is 0 Å². The van der Waals surface area contributed by atoms with E-state index in [0.29, 0.717) is 19.0 Å². The smallest absolute Gasteiger partial charge is 0.223 e. The maximum atomic E-state index is 12.6. The molecule has 0 spiro atoms. The third-order valence-corrected chi connectivity index (χ3v) is 5.82. The maximum absolute atomic E-state index is 12.6. The van der Waals surface area contributed by atoms with E-state index in [1.807, 2.05) is 18.2 Å². The molecule has 1 aliphatic heterocycles. The molecule has 2 aliphatic rings. The molecule has 4 nitrogen and oxygen atoms in total. The van der Waals surface area contributed by atoms with Crippen LogP contribution in [0.25, 0.3) is 0 Å². The highest BCUT2D eigenvalue weighted by atomic mass is 35.5. The quantitative estimate of drug-likeness (QED) is 0.830. The van der Waals surface area contributed by atoms with Gasteiger partial charge >= 0.3 is 0 Å². The summed E-state index contributed by atoms with van der Waals surface area (Å²) in [4.78, 5) is 15.1. The Morgan fingerprint density at radius 1 is 1.29 bits per heavy atom. The van der Waals surface area contributed by atoms with E-state index in [9.17, 15) is 4.79 Å². The van der Waals surface area contributed by atoms with Gasteiger partial charge in [0.25, 0.3) is 0 Å². The monoisotopic (exact) mass is 349 g/mol. The van der Waals surface area contributed by atoms with Crippen LogP contribution in [0.2, 0.25) is 5.02 Å². The van der Waals surface area contributed by atoms with E-state index in [1.165, 1.54) is 18.4 Å². The second-order valence-corrected chi connectivity index (χ2v) is 7.53. The lowest BCUT2D eigenvalue weighted by Crippen LogP contribution is -2.40. The number of halogens is 1. The molecule has 132 valence electrons.